The minimum absolute atomic E-state index is 0.349. The van der Waals surface area contributed by atoms with Gasteiger partial charge in [0.05, 0.1) is 29.4 Å². The molecule has 1 N–H and O–H groups in total. The second-order valence-corrected chi connectivity index (χ2v) is 7.36. The molecule has 1 aliphatic rings. The van der Waals surface area contributed by atoms with E-state index >= 15 is 0 Å². The summed E-state index contributed by atoms with van der Waals surface area (Å²) in [5.41, 5.74) is 2.21. The number of aliphatic hydroxyl groups excluding tert-OH is 1. The molecule has 0 aliphatic carbocycles. The first kappa shape index (κ1) is 19.5. The smallest absolute Gasteiger partial charge is 0.0900 e. The molecule has 0 bridgehead atoms. The summed E-state index contributed by atoms with van der Waals surface area (Å²) in [6, 6.07) is 15.7. The fourth-order valence-electron chi connectivity index (χ4n) is 3.11. The average Bonchev–Trinajstić information content (AvgIpc) is 2.65. The van der Waals surface area contributed by atoms with Crippen LogP contribution < -0.4 is 4.90 Å². The third kappa shape index (κ3) is 5.60. The number of β-amino-alcohol motifs (C(OH)–C–C–N with tert-alkyl or cyclic N) is 1. The molecule has 1 atom stereocenters. The number of hydrogen-bond acceptors (Lipinski definition) is 4. The lowest BCUT2D eigenvalue weighted by Gasteiger charge is -2.37. The Balaban J connectivity index is 1.38. The Morgan fingerprint density at radius 3 is 2.38 bits per heavy atom. The number of ether oxygens (including phenoxy) is 1. The van der Waals surface area contributed by atoms with Crippen LogP contribution in [-0.4, -0.2) is 55.4 Å². The molecule has 1 fully saturated rings. The largest absolute Gasteiger partial charge is 0.389 e. The molecule has 1 aliphatic heterocycles. The SMILES string of the molecule is OC(COCc1ccccc1)CN1CCN(c2ccc(Cl)c(Cl)c2)CC1. The number of aliphatic hydroxyl groups is 1. The second-order valence-electron chi connectivity index (χ2n) is 6.54. The fraction of sp³-hybridized carbons (Fsp3) is 0.400. The molecule has 0 saturated carbocycles. The summed E-state index contributed by atoms with van der Waals surface area (Å²) >= 11 is 12.1. The first-order valence-corrected chi connectivity index (χ1v) is 9.59. The van der Waals surface area contributed by atoms with Crippen LogP contribution in [0.2, 0.25) is 10.0 Å². The van der Waals surface area contributed by atoms with Gasteiger partial charge in [0.1, 0.15) is 0 Å². The van der Waals surface area contributed by atoms with Crippen LogP contribution in [-0.2, 0) is 11.3 Å². The molecule has 1 unspecified atom stereocenters. The van der Waals surface area contributed by atoms with Crippen LogP contribution in [0.5, 0.6) is 0 Å². The summed E-state index contributed by atoms with van der Waals surface area (Å²) in [5, 5.41) is 11.4. The highest BCUT2D eigenvalue weighted by Gasteiger charge is 2.20. The van der Waals surface area contributed by atoms with E-state index in [1.165, 1.54) is 0 Å². The van der Waals surface area contributed by atoms with Gasteiger partial charge in [0.25, 0.3) is 0 Å². The highest BCUT2D eigenvalue weighted by molar-refractivity contribution is 6.42. The average molecular weight is 395 g/mol. The number of piperazine rings is 1. The van der Waals surface area contributed by atoms with Gasteiger partial charge in [-0.25, -0.2) is 0 Å². The van der Waals surface area contributed by atoms with Crippen LogP contribution in [0.25, 0.3) is 0 Å². The van der Waals surface area contributed by atoms with Crippen LogP contribution in [0.15, 0.2) is 48.5 Å². The summed E-state index contributed by atoms with van der Waals surface area (Å²) in [6.45, 7) is 5.10. The number of rotatable bonds is 7. The van der Waals surface area contributed by atoms with E-state index in [-0.39, 0.29) is 0 Å². The molecule has 0 aromatic heterocycles. The van der Waals surface area contributed by atoms with Crippen molar-refractivity contribution in [3.8, 4) is 0 Å². The van der Waals surface area contributed by atoms with Gasteiger partial charge in [-0.15, -0.1) is 0 Å². The third-order valence-electron chi connectivity index (χ3n) is 4.53. The molecule has 0 spiro atoms. The number of benzene rings is 2. The van der Waals surface area contributed by atoms with E-state index < -0.39 is 6.10 Å². The normalized spacial score (nSPS) is 16.7. The predicted molar refractivity (Wildman–Crippen MR) is 107 cm³/mol. The Kier molecular flexibility index (Phi) is 7.17. The maximum atomic E-state index is 10.2. The van der Waals surface area contributed by atoms with E-state index in [2.05, 4.69) is 9.80 Å². The van der Waals surface area contributed by atoms with Crippen molar-refractivity contribution >= 4 is 28.9 Å². The van der Waals surface area contributed by atoms with Gasteiger partial charge in [0.15, 0.2) is 0 Å². The van der Waals surface area contributed by atoms with Crippen LogP contribution in [0.1, 0.15) is 5.56 Å². The quantitative estimate of drug-likeness (QED) is 0.776. The van der Waals surface area contributed by atoms with E-state index in [9.17, 15) is 5.11 Å². The molecular weight excluding hydrogens is 371 g/mol. The second kappa shape index (κ2) is 9.58. The highest BCUT2D eigenvalue weighted by atomic mass is 35.5. The molecule has 2 aromatic rings. The van der Waals surface area contributed by atoms with Crippen molar-refractivity contribution in [1.29, 1.82) is 0 Å². The maximum absolute atomic E-state index is 10.2. The van der Waals surface area contributed by atoms with Gasteiger partial charge < -0.3 is 14.7 Å². The van der Waals surface area contributed by atoms with Crippen molar-refractivity contribution in [2.24, 2.45) is 0 Å². The minimum Gasteiger partial charge on any atom is -0.389 e. The topological polar surface area (TPSA) is 35.9 Å². The van der Waals surface area contributed by atoms with Crippen molar-refractivity contribution in [2.45, 2.75) is 12.7 Å². The fourth-order valence-corrected chi connectivity index (χ4v) is 3.40. The zero-order valence-electron chi connectivity index (χ0n) is 14.7. The molecule has 0 radical (unpaired) electrons. The monoisotopic (exact) mass is 394 g/mol. The van der Waals surface area contributed by atoms with Gasteiger partial charge in [-0.05, 0) is 23.8 Å². The van der Waals surface area contributed by atoms with Crippen LogP contribution in [0, 0.1) is 0 Å². The zero-order valence-corrected chi connectivity index (χ0v) is 16.2. The Morgan fingerprint density at radius 2 is 1.69 bits per heavy atom. The van der Waals surface area contributed by atoms with Crippen LogP contribution >= 0.6 is 23.2 Å². The predicted octanol–water partition coefficient (Wildman–Crippen LogP) is 3.69. The van der Waals surface area contributed by atoms with Crippen molar-refractivity contribution in [3.63, 3.8) is 0 Å². The summed E-state index contributed by atoms with van der Waals surface area (Å²) in [6.07, 6.45) is -0.477. The van der Waals surface area contributed by atoms with E-state index in [1.54, 1.807) is 0 Å². The van der Waals surface area contributed by atoms with Crippen molar-refractivity contribution in [1.82, 2.24) is 4.90 Å². The van der Waals surface area contributed by atoms with Crippen molar-refractivity contribution in [3.05, 3.63) is 64.1 Å². The lowest BCUT2D eigenvalue weighted by Crippen LogP contribution is -2.49. The minimum atomic E-state index is -0.477. The highest BCUT2D eigenvalue weighted by Crippen LogP contribution is 2.27. The molecular formula is C20H24Cl2N2O2. The first-order chi connectivity index (χ1) is 12.6. The van der Waals surface area contributed by atoms with Crippen LogP contribution in [0.4, 0.5) is 5.69 Å². The summed E-state index contributed by atoms with van der Waals surface area (Å²) in [7, 11) is 0. The lowest BCUT2D eigenvalue weighted by atomic mass is 10.2. The zero-order chi connectivity index (χ0) is 18.4. The lowest BCUT2D eigenvalue weighted by molar-refractivity contribution is 0.00914. The number of anilines is 1. The number of nitrogens with zero attached hydrogens (tertiary/aromatic N) is 2. The number of halogens is 2. The van der Waals surface area contributed by atoms with Gasteiger partial charge in [-0.2, -0.15) is 0 Å². The van der Waals surface area contributed by atoms with Crippen LogP contribution in [0.3, 0.4) is 0 Å². The van der Waals surface area contributed by atoms with Gasteiger partial charge in [-0.1, -0.05) is 53.5 Å². The molecule has 26 heavy (non-hydrogen) atoms. The van der Waals surface area contributed by atoms with Gasteiger partial charge in [0.2, 0.25) is 0 Å². The Morgan fingerprint density at radius 1 is 0.962 bits per heavy atom. The van der Waals surface area contributed by atoms with Gasteiger partial charge in [0, 0.05) is 38.4 Å². The van der Waals surface area contributed by atoms with Crippen molar-refractivity contribution < 1.29 is 9.84 Å². The summed E-state index contributed by atoms with van der Waals surface area (Å²) in [5.74, 6) is 0. The van der Waals surface area contributed by atoms with Gasteiger partial charge >= 0.3 is 0 Å². The molecule has 1 saturated heterocycles. The van der Waals surface area contributed by atoms with Gasteiger partial charge in [-0.3, -0.25) is 4.90 Å². The van der Waals surface area contributed by atoms with E-state index in [1.807, 2.05) is 48.5 Å². The third-order valence-corrected chi connectivity index (χ3v) is 5.27. The van der Waals surface area contributed by atoms with Crippen molar-refractivity contribution in [2.75, 3.05) is 44.2 Å². The molecule has 2 aromatic carbocycles. The number of hydrogen-bond donors (Lipinski definition) is 1. The maximum Gasteiger partial charge on any atom is 0.0900 e. The summed E-state index contributed by atoms with van der Waals surface area (Å²) < 4.78 is 5.62. The summed E-state index contributed by atoms with van der Waals surface area (Å²) in [4.78, 5) is 4.56. The van der Waals surface area contributed by atoms with E-state index in [0.29, 0.717) is 29.8 Å². The van der Waals surface area contributed by atoms with E-state index in [4.69, 9.17) is 27.9 Å². The molecule has 0 amide bonds. The Bertz CT molecular complexity index is 691. The molecule has 4 nitrogen and oxygen atoms in total. The molecule has 3 rings (SSSR count). The van der Waals surface area contributed by atoms with E-state index in [0.717, 1.165) is 37.4 Å². The Hall–Kier alpha value is -1.30. The molecule has 1 heterocycles. The standard InChI is InChI=1S/C20H24Cl2N2O2/c21-19-7-6-17(12-20(19)22)24-10-8-23(9-11-24)13-18(25)15-26-14-16-4-2-1-3-5-16/h1-7,12,18,25H,8-11,13-15H2. The Labute approximate surface area is 164 Å². The first-order valence-electron chi connectivity index (χ1n) is 8.84. The molecule has 6 heteroatoms. The molecule has 140 valence electrons.